The third kappa shape index (κ3) is 2.53. The molecule has 1 aromatic heterocycles. The molecule has 1 aliphatic carbocycles. The Bertz CT molecular complexity index is 777. The number of imide groups is 1. The second-order valence-electron chi connectivity index (χ2n) is 6.47. The zero-order valence-corrected chi connectivity index (χ0v) is 13.9. The van der Waals surface area contributed by atoms with E-state index in [-0.39, 0.29) is 23.7 Å². The first kappa shape index (κ1) is 15.4. The summed E-state index contributed by atoms with van der Waals surface area (Å²) in [5, 5.41) is 5.10. The van der Waals surface area contributed by atoms with E-state index >= 15 is 0 Å². The van der Waals surface area contributed by atoms with E-state index in [1.807, 2.05) is 24.3 Å². The van der Waals surface area contributed by atoms with Crippen molar-refractivity contribution in [3.8, 4) is 0 Å². The van der Waals surface area contributed by atoms with Gasteiger partial charge in [-0.25, -0.2) is 4.90 Å². The van der Waals surface area contributed by atoms with E-state index in [0.717, 1.165) is 31.2 Å². The lowest BCUT2D eigenvalue weighted by molar-refractivity contribution is -0.122. The Kier molecular flexibility index (Phi) is 3.88. The molecule has 124 valence electrons. The van der Waals surface area contributed by atoms with Crippen LogP contribution in [0.1, 0.15) is 31.2 Å². The van der Waals surface area contributed by atoms with Crippen LogP contribution in [-0.2, 0) is 16.1 Å². The van der Waals surface area contributed by atoms with Gasteiger partial charge in [-0.2, -0.15) is 5.10 Å². The average Bonchev–Trinajstić information content (AvgIpc) is 3.14. The molecule has 1 saturated carbocycles. The number of fused-ring (bicyclic) bond motifs is 1. The molecule has 2 aromatic rings. The normalized spacial score (nSPS) is 23.6. The smallest absolute Gasteiger partial charge is 0.238 e. The molecule has 0 radical (unpaired) electrons. The largest absolute Gasteiger partial charge is 0.274 e. The van der Waals surface area contributed by atoms with Crippen molar-refractivity contribution < 1.29 is 9.59 Å². The van der Waals surface area contributed by atoms with Gasteiger partial charge in [0.2, 0.25) is 11.8 Å². The predicted octanol–water partition coefficient (Wildman–Crippen LogP) is 3.26. The van der Waals surface area contributed by atoms with Crippen molar-refractivity contribution in [2.24, 2.45) is 11.8 Å². The molecule has 6 heteroatoms. The minimum absolute atomic E-state index is 0.0901. The van der Waals surface area contributed by atoms with Crippen LogP contribution in [0, 0.1) is 11.8 Å². The highest BCUT2D eigenvalue weighted by atomic mass is 35.5. The second-order valence-corrected chi connectivity index (χ2v) is 6.88. The Labute approximate surface area is 145 Å². The summed E-state index contributed by atoms with van der Waals surface area (Å²) >= 11 is 6.18. The molecule has 1 aliphatic heterocycles. The molecule has 1 saturated heterocycles. The molecule has 2 amide bonds. The fraction of sp³-hybridized carbons (Fsp3) is 0.389. The van der Waals surface area contributed by atoms with Gasteiger partial charge in [0.1, 0.15) is 0 Å². The molecule has 4 rings (SSSR count). The van der Waals surface area contributed by atoms with Gasteiger partial charge < -0.3 is 0 Å². The predicted molar refractivity (Wildman–Crippen MR) is 90.7 cm³/mol. The summed E-state index contributed by atoms with van der Waals surface area (Å²) in [5.41, 5.74) is 0.946. The van der Waals surface area contributed by atoms with Crippen molar-refractivity contribution in [1.29, 1.82) is 0 Å². The first-order valence-corrected chi connectivity index (χ1v) is 8.67. The Hall–Kier alpha value is -2.14. The standard InChI is InChI=1S/C18H18ClN3O2/c19-15-8-4-1-5-12(15)11-21-10-9-16(20-21)22-17(23)13-6-2-3-7-14(13)18(22)24/h1,4-5,8-10,13-14H,2-3,6-7,11H2. The number of anilines is 1. The summed E-state index contributed by atoms with van der Waals surface area (Å²) in [5.74, 6) is -0.0632. The number of hydrogen-bond acceptors (Lipinski definition) is 3. The highest BCUT2D eigenvalue weighted by Crippen LogP contribution is 2.39. The van der Waals surface area contributed by atoms with Crippen molar-refractivity contribution in [3.05, 3.63) is 47.1 Å². The summed E-state index contributed by atoms with van der Waals surface area (Å²) in [7, 11) is 0. The van der Waals surface area contributed by atoms with Crippen LogP contribution in [0.15, 0.2) is 36.5 Å². The number of carbonyl (C=O) groups excluding carboxylic acids is 2. The van der Waals surface area contributed by atoms with Crippen LogP contribution in [0.25, 0.3) is 0 Å². The van der Waals surface area contributed by atoms with Gasteiger partial charge in [-0.3, -0.25) is 14.3 Å². The molecule has 0 N–H and O–H groups in total. The fourth-order valence-corrected chi connectivity index (χ4v) is 3.94. The number of aromatic nitrogens is 2. The number of nitrogens with zero attached hydrogens (tertiary/aromatic N) is 3. The molecule has 2 heterocycles. The fourth-order valence-electron chi connectivity index (χ4n) is 3.75. The highest BCUT2D eigenvalue weighted by Gasteiger charge is 2.49. The van der Waals surface area contributed by atoms with Gasteiger partial charge in [0.15, 0.2) is 5.82 Å². The minimum Gasteiger partial charge on any atom is -0.274 e. The monoisotopic (exact) mass is 343 g/mol. The molecule has 1 aromatic carbocycles. The summed E-state index contributed by atoms with van der Waals surface area (Å²) < 4.78 is 1.71. The average molecular weight is 344 g/mol. The van der Waals surface area contributed by atoms with Gasteiger partial charge in [0.05, 0.1) is 18.4 Å². The topological polar surface area (TPSA) is 55.2 Å². The molecule has 2 unspecified atom stereocenters. The zero-order chi connectivity index (χ0) is 16.7. The quantitative estimate of drug-likeness (QED) is 0.804. The maximum absolute atomic E-state index is 12.6. The number of rotatable bonds is 3. The molecular weight excluding hydrogens is 326 g/mol. The van der Waals surface area contributed by atoms with Gasteiger partial charge >= 0.3 is 0 Å². The maximum atomic E-state index is 12.6. The van der Waals surface area contributed by atoms with E-state index in [1.165, 1.54) is 4.90 Å². The Morgan fingerprint density at radius 2 is 1.71 bits per heavy atom. The molecule has 0 bridgehead atoms. The van der Waals surface area contributed by atoms with E-state index in [4.69, 9.17) is 11.6 Å². The van der Waals surface area contributed by atoms with Gasteiger partial charge in [-0.1, -0.05) is 42.6 Å². The van der Waals surface area contributed by atoms with E-state index in [9.17, 15) is 9.59 Å². The molecular formula is C18H18ClN3O2. The lowest BCUT2D eigenvalue weighted by atomic mass is 9.81. The SMILES string of the molecule is O=C1C2CCCCC2C(=O)N1c1ccn(Cc2ccccc2Cl)n1. The van der Waals surface area contributed by atoms with E-state index < -0.39 is 0 Å². The second kappa shape index (κ2) is 6.06. The van der Waals surface area contributed by atoms with Gasteiger partial charge in [-0.15, -0.1) is 0 Å². The van der Waals surface area contributed by atoms with Gasteiger partial charge in [0.25, 0.3) is 0 Å². The Morgan fingerprint density at radius 1 is 1.04 bits per heavy atom. The summed E-state index contributed by atoms with van der Waals surface area (Å²) in [6.45, 7) is 0.503. The number of halogens is 1. The third-order valence-electron chi connectivity index (χ3n) is 4.99. The van der Waals surface area contributed by atoms with Crippen LogP contribution >= 0.6 is 11.6 Å². The van der Waals surface area contributed by atoms with Crippen LogP contribution in [0.3, 0.4) is 0 Å². The van der Waals surface area contributed by atoms with Crippen LogP contribution < -0.4 is 4.90 Å². The Balaban J connectivity index is 1.57. The number of hydrogen-bond donors (Lipinski definition) is 0. The van der Waals surface area contributed by atoms with E-state index in [2.05, 4.69) is 5.10 Å². The molecule has 2 aliphatic rings. The van der Waals surface area contributed by atoms with Crippen LogP contribution in [-0.4, -0.2) is 21.6 Å². The summed E-state index contributed by atoms with van der Waals surface area (Å²) in [6.07, 6.45) is 5.45. The zero-order valence-electron chi connectivity index (χ0n) is 13.2. The molecule has 0 spiro atoms. The summed E-state index contributed by atoms with van der Waals surface area (Å²) in [6, 6.07) is 9.29. The van der Waals surface area contributed by atoms with E-state index in [1.54, 1.807) is 16.9 Å². The lowest BCUT2D eigenvalue weighted by Gasteiger charge is -2.19. The molecule has 2 fully saturated rings. The van der Waals surface area contributed by atoms with Crippen LogP contribution in [0.4, 0.5) is 5.82 Å². The minimum atomic E-state index is -0.153. The first-order chi connectivity index (χ1) is 11.6. The van der Waals surface area contributed by atoms with Crippen molar-refractivity contribution in [2.45, 2.75) is 32.2 Å². The van der Waals surface area contributed by atoms with E-state index in [0.29, 0.717) is 17.4 Å². The lowest BCUT2D eigenvalue weighted by Crippen LogP contribution is -2.31. The summed E-state index contributed by atoms with van der Waals surface area (Å²) in [4.78, 5) is 26.5. The third-order valence-corrected chi connectivity index (χ3v) is 5.36. The molecule has 2 atom stereocenters. The number of amides is 2. The first-order valence-electron chi connectivity index (χ1n) is 8.30. The molecule has 24 heavy (non-hydrogen) atoms. The van der Waals surface area contributed by atoms with Gasteiger partial charge in [0, 0.05) is 17.3 Å². The molecule has 5 nitrogen and oxygen atoms in total. The van der Waals surface area contributed by atoms with Crippen LogP contribution in [0.2, 0.25) is 5.02 Å². The van der Waals surface area contributed by atoms with Crippen molar-refractivity contribution >= 4 is 29.2 Å². The van der Waals surface area contributed by atoms with Crippen molar-refractivity contribution in [1.82, 2.24) is 9.78 Å². The highest BCUT2D eigenvalue weighted by molar-refractivity contribution is 6.31. The number of benzene rings is 1. The van der Waals surface area contributed by atoms with Crippen LogP contribution in [0.5, 0.6) is 0 Å². The van der Waals surface area contributed by atoms with Crippen molar-refractivity contribution in [2.75, 3.05) is 4.90 Å². The van der Waals surface area contributed by atoms with Gasteiger partial charge in [-0.05, 0) is 24.5 Å². The Morgan fingerprint density at radius 3 is 2.38 bits per heavy atom. The maximum Gasteiger partial charge on any atom is 0.238 e. The number of carbonyl (C=O) groups is 2. The van der Waals surface area contributed by atoms with Crippen molar-refractivity contribution in [3.63, 3.8) is 0 Å².